The van der Waals surface area contributed by atoms with Gasteiger partial charge in [-0.25, -0.2) is 8.42 Å². The van der Waals surface area contributed by atoms with Crippen LogP contribution in [0, 0.1) is 0 Å². The second-order valence-electron chi connectivity index (χ2n) is 3.73. The summed E-state index contributed by atoms with van der Waals surface area (Å²) in [7, 11) is -3.84. The van der Waals surface area contributed by atoms with E-state index < -0.39 is 22.0 Å². The van der Waals surface area contributed by atoms with Crippen molar-refractivity contribution in [3.8, 4) is 0 Å². The quantitative estimate of drug-likeness (QED) is 0.832. The first-order chi connectivity index (χ1) is 8.38. The van der Waals surface area contributed by atoms with Crippen LogP contribution in [0.3, 0.4) is 0 Å². The predicted molar refractivity (Wildman–Crippen MR) is 70.8 cm³/mol. The van der Waals surface area contributed by atoms with Gasteiger partial charge >= 0.3 is 5.97 Å². The maximum Gasteiger partial charge on any atom is 0.321 e. The Bertz CT molecular complexity index is 530. The molecule has 1 unspecified atom stereocenters. The molecule has 0 saturated carbocycles. The number of carbonyl (C=O) groups is 1. The molecule has 1 aromatic carbocycles. The second-order valence-corrected chi connectivity index (χ2v) is 6.27. The highest BCUT2D eigenvalue weighted by atomic mass is 79.9. The van der Waals surface area contributed by atoms with Gasteiger partial charge in [-0.05, 0) is 34.5 Å². The standard InChI is InChI=1S/C11H14BrNO4S/c1-2-5-9(11(14)15)13-18(16,17)10-7-4-3-6-8(10)12/h3-4,6-7,9,13H,2,5H2,1H3,(H,14,15). The molecule has 7 heteroatoms. The molecule has 0 heterocycles. The first kappa shape index (κ1) is 15.1. The number of carboxylic acid groups (broad SMARTS) is 1. The minimum absolute atomic E-state index is 0.0346. The molecule has 0 aliphatic heterocycles. The van der Waals surface area contributed by atoms with Crippen LogP contribution in [0.1, 0.15) is 19.8 Å². The zero-order valence-corrected chi connectivity index (χ0v) is 12.2. The number of benzene rings is 1. The Hall–Kier alpha value is -0.920. The van der Waals surface area contributed by atoms with Crippen LogP contribution in [0.5, 0.6) is 0 Å². The molecule has 18 heavy (non-hydrogen) atoms. The van der Waals surface area contributed by atoms with Crippen LogP contribution >= 0.6 is 15.9 Å². The Kier molecular flexibility index (Phi) is 5.30. The van der Waals surface area contributed by atoms with E-state index in [4.69, 9.17) is 5.11 Å². The summed E-state index contributed by atoms with van der Waals surface area (Å²) in [5.74, 6) is -1.17. The van der Waals surface area contributed by atoms with Crippen molar-refractivity contribution in [2.45, 2.75) is 30.7 Å². The van der Waals surface area contributed by atoms with Crippen molar-refractivity contribution in [2.24, 2.45) is 0 Å². The maximum absolute atomic E-state index is 12.0. The Morgan fingerprint density at radius 1 is 1.44 bits per heavy atom. The van der Waals surface area contributed by atoms with Crippen LogP contribution in [0.4, 0.5) is 0 Å². The molecule has 100 valence electrons. The highest BCUT2D eigenvalue weighted by molar-refractivity contribution is 9.10. The van der Waals surface area contributed by atoms with Crippen molar-refractivity contribution < 1.29 is 18.3 Å². The summed E-state index contributed by atoms with van der Waals surface area (Å²) < 4.78 is 26.7. The van der Waals surface area contributed by atoms with E-state index in [9.17, 15) is 13.2 Å². The van der Waals surface area contributed by atoms with Crippen molar-refractivity contribution in [1.82, 2.24) is 4.72 Å². The van der Waals surface area contributed by atoms with Gasteiger partial charge in [-0.2, -0.15) is 4.72 Å². The molecule has 0 amide bonds. The lowest BCUT2D eigenvalue weighted by Gasteiger charge is -2.14. The number of rotatable bonds is 6. The SMILES string of the molecule is CCCC(NS(=O)(=O)c1ccccc1Br)C(=O)O. The Labute approximate surface area is 114 Å². The Morgan fingerprint density at radius 2 is 2.06 bits per heavy atom. The molecule has 0 aromatic heterocycles. The van der Waals surface area contributed by atoms with Gasteiger partial charge in [0, 0.05) is 4.47 Å². The molecule has 0 fully saturated rings. The lowest BCUT2D eigenvalue weighted by atomic mass is 10.2. The van der Waals surface area contributed by atoms with Crippen LogP contribution in [-0.4, -0.2) is 25.5 Å². The van der Waals surface area contributed by atoms with Crippen LogP contribution in [0.25, 0.3) is 0 Å². The van der Waals surface area contributed by atoms with E-state index in [1.165, 1.54) is 6.07 Å². The number of nitrogens with one attached hydrogen (secondary N) is 1. The van der Waals surface area contributed by atoms with Crippen molar-refractivity contribution >= 4 is 31.9 Å². The number of sulfonamides is 1. The lowest BCUT2D eigenvalue weighted by molar-refractivity contribution is -0.139. The largest absolute Gasteiger partial charge is 0.480 e. The van der Waals surface area contributed by atoms with Gasteiger partial charge in [0.15, 0.2) is 0 Å². The molecule has 0 aliphatic carbocycles. The third-order valence-electron chi connectivity index (χ3n) is 2.30. The first-order valence-corrected chi connectivity index (χ1v) is 7.65. The molecule has 1 atom stereocenters. The van der Waals surface area contributed by atoms with E-state index in [0.717, 1.165) is 0 Å². The highest BCUT2D eigenvalue weighted by Gasteiger charge is 2.25. The lowest BCUT2D eigenvalue weighted by Crippen LogP contribution is -2.40. The first-order valence-electron chi connectivity index (χ1n) is 5.38. The summed E-state index contributed by atoms with van der Waals surface area (Å²) in [4.78, 5) is 11.0. The minimum Gasteiger partial charge on any atom is -0.480 e. The molecule has 1 aromatic rings. The molecule has 5 nitrogen and oxygen atoms in total. The van der Waals surface area contributed by atoms with Crippen molar-refractivity contribution in [1.29, 1.82) is 0 Å². The van der Waals surface area contributed by atoms with E-state index in [2.05, 4.69) is 20.7 Å². The van der Waals surface area contributed by atoms with E-state index in [1.54, 1.807) is 25.1 Å². The summed E-state index contributed by atoms with van der Waals surface area (Å²) in [6, 6.07) is 5.16. The summed E-state index contributed by atoms with van der Waals surface area (Å²) >= 11 is 3.13. The van der Waals surface area contributed by atoms with E-state index in [0.29, 0.717) is 10.9 Å². The maximum atomic E-state index is 12.0. The Morgan fingerprint density at radius 3 is 2.56 bits per heavy atom. The fraction of sp³-hybridized carbons (Fsp3) is 0.364. The van der Waals surface area contributed by atoms with Gasteiger partial charge in [0.1, 0.15) is 6.04 Å². The zero-order valence-electron chi connectivity index (χ0n) is 9.76. The number of hydrogen-bond donors (Lipinski definition) is 2. The summed E-state index contributed by atoms with van der Waals surface area (Å²) in [5.41, 5.74) is 0. The number of aliphatic carboxylic acids is 1. The van der Waals surface area contributed by atoms with E-state index in [1.807, 2.05) is 0 Å². The molecule has 0 radical (unpaired) electrons. The van der Waals surface area contributed by atoms with Crippen molar-refractivity contribution in [3.05, 3.63) is 28.7 Å². The average Bonchev–Trinajstić information content (AvgIpc) is 2.28. The summed E-state index contributed by atoms with van der Waals surface area (Å²) in [6.07, 6.45) is 0.828. The molecule has 1 rings (SSSR count). The van der Waals surface area contributed by atoms with Crippen molar-refractivity contribution in [3.63, 3.8) is 0 Å². The van der Waals surface area contributed by atoms with Gasteiger partial charge < -0.3 is 5.11 Å². The van der Waals surface area contributed by atoms with Crippen LogP contribution in [0.15, 0.2) is 33.6 Å². The Balaban J connectivity index is 3.01. The van der Waals surface area contributed by atoms with Gasteiger partial charge in [0.05, 0.1) is 4.90 Å². The third-order valence-corrected chi connectivity index (χ3v) is 4.78. The van der Waals surface area contributed by atoms with Crippen LogP contribution < -0.4 is 4.72 Å². The molecular formula is C11H14BrNO4S. The van der Waals surface area contributed by atoms with E-state index >= 15 is 0 Å². The van der Waals surface area contributed by atoms with Gasteiger partial charge in [-0.1, -0.05) is 25.5 Å². The summed E-state index contributed by atoms with van der Waals surface area (Å²) in [5, 5.41) is 8.95. The number of halogens is 1. The highest BCUT2D eigenvalue weighted by Crippen LogP contribution is 2.21. The van der Waals surface area contributed by atoms with Gasteiger partial charge in [-0.15, -0.1) is 0 Å². The molecule has 0 saturated heterocycles. The normalized spacial score (nSPS) is 13.2. The fourth-order valence-corrected chi connectivity index (χ4v) is 3.66. The third kappa shape index (κ3) is 3.79. The number of hydrogen-bond acceptors (Lipinski definition) is 3. The van der Waals surface area contributed by atoms with Gasteiger partial charge in [-0.3, -0.25) is 4.79 Å². The number of carboxylic acids is 1. The van der Waals surface area contributed by atoms with Crippen LogP contribution in [0.2, 0.25) is 0 Å². The minimum atomic E-state index is -3.84. The molecule has 2 N–H and O–H groups in total. The molecule has 0 aliphatic rings. The second kappa shape index (κ2) is 6.31. The monoisotopic (exact) mass is 335 g/mol. The topological polar surface area (TPSA) is 83.5 Å². The average molecular weight is 336 g/mol. The van der Waals surface area contributed by atoms with Crippen LogP contribution in [-0.2, 0) is 14.8 Å². The van der Waals surface area contributed by atoms with Crippen molar-refractivity contribution in [2.75, 3.05) is 0 Å². The predicted octanol–water partition coefficient (Wildman–Crippen LogP) is 1.98. The fourth-order valence-electron chi connectivity index (χ4n) is 1.43. The van der Waals surface area contributed by atoms with E-state index in [-0.39, 0.29) is 11.3 Å². The van der Waals surface area contributed by atoms with Gasteiger partial charge in [0.25, 0.3) is 0 Å². The molecule has 0 bridgehead atoms. The zero-order chi connectivity index (χ0) is 13.8. The summed E-state index contributed by atoms with van der Waals surface area (Å²) in [6.45, 7) is 1.79. The smallest absolute Gasteiger partial charge is 0.321 e. The van der Waals surface area contributed by atoms with Gasteiger partial charge in [0.2, 0.25) is 10.0 Å². The molecule has 0 spiro atoms. The molecular weight excluding hydrogens is 322 g/mol.